The third-order valence-corrected chi connectivity index (χ3v) is 4.24. The minimum atomic E-state index is -0.417. The van der Waals surface area contributed by atoms with Gasteiger partial charge in [-0.05, 0) is 37.8 Å². The van der Waals surface area contributed by atoms with Gasteiger partial charge in [-0.3, -0.25) is 0 Å². The van der Waals surface area contributed by atoms with Gasteiger partial charge in [0.05, 0.1) is 5.60 Å². The molecule has 3 rings (SSSR count). The first-order chi connectivity index (χ1) is 8.39. The summed E-state index contributed by atoms with van der Waals surface area (Å²) in [5.74, 6) is 1.57. The molecule has 1 aliphatic heterocycles. The summed E-state index contributed by atoms with van der Waals surface area (Å²) in [7, 11) is 0. The SMILES string of the molecule is CC(C)c1cccc(N2CC3(C2)CC(C)(O)C3)n1. The van der Waals surface area contributed by atoms with Crippen molar-refractivity contribution in [3.63, 3.8) is 0 Å². The number of hydrogen-bond acceptors (Lipinski definition) is 3. The summed E-state index contributed by atoms with van der Waals surface area (Å²) < 4.78 is 0. The summed E-state index contributed by atoms with van der Waals surface area (Å²) in [6.45, 7) is 8.40. The predicted molar refractivity (Wildman–Crippen MR) is 72.8 cm³/mol. The van der Waals surface area contributed by atoms with E-state index in [1.807, 2.05) is 6.92 Å². The van der Waals surface area contributed by atoms with E-state index >= 15 is 0 Å². The first-order valence-electron chi connectivity index (χ1n) is 6.84. The highest BCUT2D eigenvalue weighted by Crippen LogP contribution is 2.54. The molecule has 2 heterocycles. The van der Waals surface area contributed by atoms with E-state index in [-0.39, 0.29) is 0 Å². The smallest absolute Gasteiger partial charge is 0.128 e. The molecule has 1 spiro atoms. The molecule has 1 saturated carbocycles. The fraction of sp³-hybridized carbons (Fsp3) is 0.667. The van der Waals surface area contributed by atoms with Crippen LogP contribution in [0.4, 0.5) is 5.82 Å². The molecule has 0 radical (unpaired) electrons. The van der Waals surface area contributed by atoms with Crippen LogP contribution >= 0.6 is 0 Å². The number of pyridine rings is 1. The summed E-state index contributed by atoms with van der Waals surface area (Å²) in [6.07, 6.45) is 1.89. The maximum Gasteiger partial charge on any atom is 0.128 e. The first kappa shape index (κ1) is 12.0. The van der Waals surface area contributed by atoms with Crippen molar-refractivity contribution in [3.8, 4) is 0 Å². The van der Waals surface area contributed by atoms with Gasteiger partial charge in [0.1, 0.15) is 5.82 Å². The Balaban J connectivity index is 1.67. The molecular weight excluding hydrogens is 224 g/mol. The summed E-state index contributed by atoms with van der Waals surface area (Å²) in [6, 6.07) is 6.28. The lowest BCUT2D eigenvalue weighted by Gasteiger charge is -2.62. The molecule has 0 atom stereocenters. The third-order valence-electron chi connectivity index (χ3n) is 4.24. The molecule has 1 aromatic heterocycles. The van der Waals surface area contributed by atoms with Crippen molar-refractivity contribution in [2.24, 2.45) is 5.41 Å². The second kappa shape index (κ2) is 3.70. The van der Waals surface area contributed by atoms with Crippen LogP contribution in [0.15, 0.2) is 18.2 Å². The highest BCUT2D eigenvalue weighted by molar-refractivity contribution is 5.45. The molecule has 2 aliphatic rings. The van der Waals surface area contributed by atoms with Crippen LogP contribution in [0.1, 0.15) is 45.2 Å². The van der Waals surface area contributed by atoms with E-state index in [4.69, 9.17) is 4.98 Å². The van der Waals surface area contributed by atoms with Gasteiger partial charge in [-0.25, -0.2) is 4.98 Å². The maximum atomic E-state index is 9.85. The Bertz CT molecular complexity index is 451. The number of rotatable bonds is 2. The summed E-state index contributed by atoms with van der Waals surface area (Å²) >= 11 is 0. The van der Waals surface area contributed by atoms with Crippen LogP contribution in [0.25, 0.3) is 0 Å². The van der Waals surface area contributed by atoms with Gasteiger partial charge in [0.25, 0.3) is 0 Å². The zero-order valence-corrected chi connectivity index (χ0v) is 11.5. The molecule has 0 amide bonds. The largest absolute Gasteiger partial charge is 0.390 e. The number of hydrogen-bond donors (Lipinski definition) is 1. The van der Waals surface area contributed by atoms with E-state index in [0.29, 0.717) is 11.3 Å². The molecule has 1 aromatic rings. The van der Waals surface area contributed by atoms with Gasteiger partial charge in [0.2, 0.25) is 0 Å². The zero-order chi connectivity index (χ0) is 13.0. The van der Waals surface area contributed by atoms with Crippen molar-refractivity contribution in [2.75, 3.05) is 18.0 Å². The van der Waals surface area contributed by atoms with E-state index < -0.39 is 5.60 Å². The van der Waals surface area contributed by atoms with Gasteiger partial charge >= 0.3 is 0 Å². The second-order valence-corrected chi connectivity index (χ2v) is 6.78. The highest BCUT2D eigenvalue weighted by Gasteiger charge is 2.57. The van der Waals surface area contributed by atoms with Crippen molar-refractivity contribution in [3.05, 3.63) is 23.9 Å². The van der Waals surface area contributed by atoms with Crippen molar-refractivity contribution < 1.29 is 5.11 Å². The molecular formula is C15H22N2O. The van der Waals surface area contributed by atoms with Gasteiger partial charge < -0.3 is 10.0 Å². The minimum Gasteiger partial charge on any atom is -0.390 e. The van der Waals surface area contributed by atoms with Crippen molar-refractivity contribution in [1.82, 2.24) is 4.98 Å². The summed E-state index contributed by atoms with van der Waals surface area (Å²) in [5.41, 5.74) is 1.12. The topological polar surface area (TPSA) is 36.4 Å². The molecule has 0 unspecified atom stereocenters. The minimum absolute atomic E-state index is 0.374. The van der Waals surface area contributed by atoms with Crippen LogP contribution in [0, 0.1) is 5.41 Å². The van der Waals surface area contributed by atoms with Crippen molar-refractivity contribution >= 4 is 5.82 Å². The van der Waals surface area contributed by atoms with Gasteiger partial charge in [-0.2, -0.15) is 0 Å². The van der Waals surface area contributed by atoms with Gasteiger partial charge in [-0.1, -0.05) is 19.9 Å². The monoisotopic (exact) mass is 246 g/mol. The second-order valence-electron chi connectivity index (χ2n) is 6.78. The molecule has 2 fully saturated rings. The fourth-order valence-electron chi connectivity index (χ4n) is 3.65. The van der Waals surface area contributed by atoms with Crippen LogP contribution in [0.2, 0.25) is 0 Å². The normalized spacial score (nSPS) is 23.9. The lowest BCUT2D eigenvalue weighted by Crippen LogP contribution is -2.67. The Morgan fingerprint density at radius 2 is 1.94 bits per heavy atom. The number of nitrogens with zero attached hydrogens (tertiary/aromatic N) is 2. The zero-order valence-electron chi connectivity index (χ0n) is 11.5. The predicted octanol–water partition coefficient (Wildman–Crippen LogP) is 2.56. The Morgan fingerprint density at radius 1 is 1.28 bits per heavy atom. The van der Waals surface area contributed by atoms with E-state index in [9.17, 15) is 5.11 Å². The Kier molecular flexibility index (Phi) is 2.46. The summed E-state index contributed by atoms with van der Waals surface area (Å²) in [4.78, 5) is 7.05. The van der Waals surface area contributed by atoms with Gasteiger partial charge in [-0.15, -0.1) is 0 Å². The lowest BCUT2D eigenvalue weighted by molar-refractivity contribution is -0.126. The van der Waals surface area contributed by atoms with Crippen molar-refractivity contribution in [1.29, 1.82) is 0 Å². The first-order valence-corrected chi connectivity index (χ1v) is 6.84. The Labute approximate surface area is 109 Å². The standard InChI is InChI=1S/C15H22N2O/c1-11(2)12-5-4-6-13(16-12)17-9-15(10-17)7-14(3,18)8-15/h4-6,11,18H,7-10H2,1-3H3. The number of aromatic nitrogens is 1. The Hall–Kier alpha value is -1.09. The van der Waals surface area contributed by atoms with E-state index in [1.54, 1.807) is 0 Å². The maximum absolute atomic E-state index is 9.85. The quantitative estimate of drug-likeness (QED) is 0.871. The number of anilines is 1. The lowest BCUT2D eigenvalue weighted by atomic mass is 9.56. The average Bonchev–Trinajstić information content (AvgIpc) is 2.22. The molecule has 3 nitrogen and oxygen atoms in total. The van der Waals surface area contributed by atoms with Crippen LogP contribution in [0.3, 0.4) is 0 Å². The molecule has 98 valence electrons. The van der Waals surface area contributed by atoms with Crippen molar-refractivity contribution in [2.45, 2.75) is 45.1 Å². The molecule has 1 N–H and O–H groups in total. The molecule has 18 heavy (non-hydrogen) atoms. The fourth-order valence-corrected chi connectivity index (χ4v) is 3.65. The summed E-state index contributed by atoms with van der Waals surface area (Å²) in [5, 5.41) is 9.85. The highest BCUT2D eigenvalue weighted by atomic mass is 16.3. The Morgan fingerprint density at radius 3 is 2.50 bits per heavy atom. The molecule has 0 bridgehead atoms. The molecule has 3 heteroatoms. The molecule has 1 aliphatic carbocycles. The number of aliphatic hydroxyl groups is 1. The average molecular weight is 246 g/mol. The molecule has 0 aromatic carbocycles. The van der Waals surface area contributed by atoms with Gasteiger partial charge in [0, 0.05) is 24.2 Å². The third kappa shape index (κ3) is 1.91. The van der Waals surface area contributed by atoms with E-state index in [0.717, 1.165) is 37.4 Å². The van der Waals surface area contributed by atoms with E-state index in [2.05, 4.69) is 36.9 Å². The van der Waals surface area contributed by atoms with Crippen LogP contribution in [-0.4, -0.2) is 28.8 Å². The van der Waals surface area contributed by atoms with Crippen LogP contribution < -0.4 is 4.90 Å². The van der Waals surface area contributed by atoms with Gasteiger partial charge in [0.15, 0.2) is 0 Å². The van der Waals surface area contributed by atoms with E-state index in [1.165, 1.54) is 0 Å². The van der Waals surface area contributed by atoms with Crippen LogP contribution in [-0.2, 0) is 0 Å². The van der Waals surface area contributed by atoms with Crippen LogP contribution in [0.5, 0.6) is 0 Å². The molecule has 1 saturated heterocycles.